The highest BCUT2D eigenvalue weighted by atomic mass is 35.5. The topological polar surface area (TPSA) is 15.8 Å². The normalized spacial score (nSPS) is 16.8. The van der Waals surface area contributed by atoms with Crippen LogP contribution in [0.4, 0.5) is 8.78 Å². The maximum atomic E-state index is 14.8. The molecular weight excluding hydrogens is 372 g/mol. The van der Waals surface area contributed by atoms with Gasteiger partial charge in [0.2, 0.25) is 0 Å². The summed E-state index contributed by atoms with van der Waals surface area (Å²) in [6.07, 6.45) is 6.01. The van der Waals surface area contributed by atoms with Crippen molar-refractivity contribution in [3.05, 3.63) is 69.9 Å². The fourth-order valence-electron chi connectivity index (χ4n) is 4.12. The predicted molar refractivity (Wildman–Crippen MR) is 106 cm³/mol. The number of aromatic amines is 1. The maximum absolute atomic E-state index is 14.8. The largest absolute Gasteiger partial charge is 0.361 e. The first-order chi connectivity index (χ1) is 12.4. The Morgan fingerprint density at radius 3 is 2.62 bits per heavy atom. The predicted octanol–water partition coefficient (Wildman–Crippen LogP) is 6.68. The zero-order chi connectivity index (χ0) is 18.5. The lowest BCUT2D eigenvalue weighted by atomic mass is 9.72. The Bertz CT molecular complexity index is 980. The fraction of sp³-hybridized carbons (Fsp3) is 0.333. The second kappa shape index (κ2) is 6.58. The van der Waals surface area contributed by atoms with Gasteiger partial charge in [0.05, 0.1) is 0 Å². The molecule has 1 fully saturated rings. The highest BCUT2D eigenvalue weighted by molar-refractivity contribution is 7.97. The Labute approximate surface area is 161 Å². The molecule has 26 heavy (non-hydrogen) atoms. The monoisotopic (exact) mass is 391 g/mol. The molecular formula is C21H20ClF2NS. The van der Waals surface area contributed by atoms with E-state index in [4.69, 9.17) is 11.6 Å². The molecule has 4 rings (SSSR count). The van der Waals surface area contributed by atoms with E-state index >= 15 is 0 Å². The summed E-state index contributed by atoms with van der Waals surface area (Å²) in [7, 11) is 0. The molecule has 1 heterocycles. The quantitative estimate of drug-likeness (QED) is 0.513. The molecule has 0 aliphatic heterocycles. The number of hydrogen-bond donors (Lipinski definition) is 1. The molecule has 0 amide bonds. The Balaban J connectivity index is 1.96. The molecule has 1 atom stereocenters. The van der Waals surface area contributed by atoms with Gasteiger partial charge < -0.3 is 4.98 Å². The minimum atomic E-state index is -0.517. The molecule has 1 aromatic heterocycles. The molecule has 5 heteroatoms. The second-order valence-corrected chi connectivity index (χ2v) is 8.53. The van der Waals surface area contributed by atoms with E-state index in [-0.39, 0.29) is 11.6 Å². The first kappa shape index (κ1) is 17.9. The highest BCUT2D eigenvalue weighted by Crippen LogP contribution is 2.53. The summed E-state index contributed by atoms with van der Waals surface area (Å²) in [6.45, 7) is 2.07. The van der Waals surface area contributed by atoms with Crippen LogP contribution in [-0.2, 0) is 11.2 Å². The molecule has 0 radical (unpaired) electrons. The fourth-order valence-corrected chi connectivity index (χ4v) is 4.82. The first-order valence-corrected chi connectivity index (χ1v) is 10.5. The number of halogens is 3. The molecule has 1 aliphatic carbocycles. The summed E-state index contributed by atoms with van der Waals surface area (Å²) in [4.78, 5) is 3.33. The van der Waals surface area contributed by atoms with Crippen LogP contribution < -0.4 is 0 Å². The summed E-state index contributed by atoms with van der Waals surface area (Å²) in [6, 6.07) is 8.02. The Morgan fingerprint density at radius 1 is 1.19 bits per heavy atom. The zero-order valence-electron chi connectivity index (χ0n) is 14.7. The number of benzene rings is 2. The van der Waals surface area contributed by atoms with Crippen molar-refractivity contribution in [2.45, 2.75) is 30.9 Å². The van der Waals surface area contributed by atoms with Gasteiger partial charge in [-0.25, -0.2) is 8.78 Å². The van der Waals surface area contributed by atoms with Crippen LogP contribution in [0.15, 0.2) is 36.5 Å². The average Bonchev–Trinajstić information content (AvgIpc) is 3.35. The van der Waals surface area contributed by atoms with Crippen LogP contribution in [0.1, 0.15) is 36.5 Å². The number of rotatable bonds is 5. The van der Waals surface area contributed by atoms with Gasteiger partial charge in [-0.15, -0.1) is 0 Å². The van der Waals surface area contributed by atoms with E-state index < -0.39 is 5.41 Å². The third-order valence-electron chi connectivity index (χ3n) is 5.58. The average molecular weight is 392 g/mol. The molecule has 1 unspecified atom stereocenters. The van der Waals surface area contributed by atoms with Gasteiger partial charge in [0.25, 0.3) is 0 Å². The lowest BCUT2D eigenvalue weighted by molar-refractivity contribution is 0.465. The van der Waals surface area contributed by atoms with Gasteiger partial charge in [0, 0.05) is 33.3 Å². The van der Waals surface area contributed by atoms with Crippen LogP contribution >= 0.6 is 23.4 Å². The molecule has 1 nitrogen and oxygen atoms in total. The van der Waals surface area contributed by atoms with E-state index in [1.165, 1.54) is 6.07 Å². The maximum Gasteiger partial charge on any atom is 0.128 e. The van der Waals surface area contributed by atoms with Crippen molar-refractivity contribution in [3.63, 3.8) is 0 Å². The molecule has 136 valence electrons. The smallest absolute Gasteiger partial charge is 0.128 e. The Hall–Kier alpha value is -1.52. The third kappa shape index (κ3) is 2.84. The Morgan fingerprint density at radius 2 is 1.96 bits per heavy atom. The molecule has 1 N–H and O–H groups in total. The number of hydrogen-bond acceptors (Lipinski definition) is 1. The summed E-state index contributed by atoms with van der Waals surface area (Å²) < 4.78 is 29.1. The SMILES string of the molecule is CSCc1cc(F)cc2c(C(C)(c3ccc(Cl)cc3F)C3CC3)c[nH]c12. The summed E-state index contributed by atoms with van der Waals surface area (Å²) >= 11 is 7.61. The van der Waals surface area contributed by atoms with E-state index in [0.29, 0.717) is 16.5 Å². The van der Waals surface area contributed by atoms with Gasteiger partial charge in [-0.05, 0) is 66.0 Å². The zero-order valence-corrected chi connectivity index (χ0v) is 16.3. The van der Waals surface area contributed by atoms with Gasteiger partial charge in [0.1, 0.15) is 11.6 Å². The van der Waals surface area contributed by atoms with Gasteiger partial charge in [-0.1, -0.05) is 24.6 Å². The molecule has 2 aromatic carbocycles. The van der Waals surface area contributed by atoms with Crippen LogP contribution in [0.5, 0.6) is 0 Å². The van der Waals surface area contributed by atoms with Crippen LogP contribution in [0.2, 0.25) is 5.02 Å². The van der Waals surface area contributed by atoms with Crippen LogP contribution in [0.25, 0.3) is 10.9 Å². The van der Waals surface area contributed by atoms with Crippen LogP contribution in [0.3, 0.4) is 0 Å². The molecule has 1 aliphatic rings. The van der Waals surface area contributed by atoms with Crippen molar-refractivity contribution in [1.29, 1.82) is 0 Å². The Kier molecular flexibility index (Phi) is 4.52. The number of fused-ring (bicyclic) bond motifs is 1. The number of H-pyrrole nitrogens is 1. The number of nitrogens with one attached hydrogen (secondary N) is 1. The van der Waals surface area contributed by atoms with Gasteiger partial charge in [-0.2, -0.15) is 11.8 Å². The van der Waals surface area contributed by atoms with Crippen molar-refractivity contribution in [2.75, 3.05) is 6.26 Å². The minimum Gasteiger partial charge on any atom is -0.361 e. The van der Waals surface area contributed by atoms with Crippen LogP contribution in [-0.4, -0.2) is 11.2 Å². The van der Waals surface area contributed by atoms with Crippen molar-refractivity contribution in [2.24, 2.45) is 5.92 Å². The van der Waals surface area contributed by atoms with Gasteiger partial charge >= 0.3 is 0 Å². The highest BCUT2D eigenvalue weighted by Gasteiger charge is 2.46. The minimum absolute atomic E-state index is 0.253. The molecule has 1 saturated carbocycles. The van der Waals surface area contributed by atoms with E-state index in [1.807, 2.05) is 12.5 Å². The van der Waals surface area contributed by atoms with E-state index in [1.54, 1.807) is 36.0 Å². The molecule has 0 spiro atoms. The van der Waals surface area contributed by atoms with Crippen molar-refractivity contribution < 1.29 is 8.78 Å². The molecule has 3 aromatic rings. The summed E-state index contributed by atoms with van der Waals surface area (Å²) in [5, 5.41) is 1.23. The van der Waals surface area contributed by atoms with Crippen molar-refractivity contribution in [1.82, 2.24) is 4.98 Å². The summed E-state index contributed by atoms with van der Waals surface area (Å²) in [5.74, 6) is 0.507. The van der Waals surface area contributed by atoms with Crippen molar-refractivity contribution in [3.8, 4) is 0 Å². The standard InChI is InChI=1S/C21H20ClF2NS/c1-21(13-3-4-13,17-6-5-14(22)8-19(17)24)18-10-25-20-12(11-26-2)7-15(23)9-16(18)20/h5-10,13,25H,3-4,11H2,1-2H3. The third-order valence-corrected chi connectivity index (χ3v) is 6.41. The number of aromatic nitrogens is 1. The second-order valence-electron chi connectivity index (χ2n) is 7.22. The molecule has 0 saturated heterocycles. The first-order valence-electron chi connectivity index (χ1n) is 8.69. The van der Waals surface area contributed by atoms with Crippen molar-refractivity contribution >= 4 is 34.3 Å². The van der Waals surface area contributed by atoms with E-state index in [9.17, 15) is 8.78 Å². The lowest BCUT2D eigenvalue weighted by Crippen LogP contribution is -2.27. The van der Waals surface area contributed by atoms with Gasteiger partial charge in [0.15, 0.2) is 0 Å². The summed E-state index contributed by atoms with van der Waals surface area (Å²) in [5.41, 5.74) is 2.95. The van der Waals surface area contributed by atoms with Gasteiger partial charge in [-0.3, -0.25) is 0 Å². The lowest BCUT2D eigenvalue weighted by Gasteiger charge is -2.31. The van der Waals surface area contributed by atoms with E-state index in [2.05, 4.69) is 11.9 Å². The number of thioether (sulfide) groups is 1. The molecule has 0 bridgehead atoms. The van der Waals surface area contributed by atoms with Crippen LogP contribution in [0, 0.1) is 17.6 Å². The van der Waals surface area contributed by atoms with E-state index in [0.717, 1.165) is 40.6 Å².